The van der Waals surface area contributed by atoms with Gasteiger partial charge in [-0.05, 0) is 52.2 Å². The van der Waals surface area contributed by atoms with E-state index in [-0.39, 0.29) is 11.9 Å². The van der Waals surface area contributed by atoms with Crippen LogP contribution < -0.4 is 5.01 Å². The Morgan fingerprint density at radius 3 is 2.25 bits per heavy atom. The summed E-state index contributed by atoms with van der Waals surface area (Å²) in [5, 5.41) is 9.45. The van der Waals surface area contributed by atoms with Gasteiger partial charge in [0.15, 0.2) is 0 Å². The van der Waals surface area contributed by atoms with Crippen molar-refractivity contribution in [2.45, 2.75) is 12.5 Å². The minimum atomic E-state index is -0.219. The second kappa shape index (κ2) is 6.93. The van der Waals surface area contributed by atoms with Gasteiger partial charge in [0, 0.05) is 6.42 Å². The highest BCUT2D eigenvalue weighted by atomic mass is 19.1. The van der Waals surface area contributed by atoms with Crippen molar-refractivity contribution in [2.24, 2.45) is 5.10 Å². The summed E-state index contributed by atoms with van der Waals surface area (Å²) in [4.78, 5) is 0. The first-order chi connectivity index (χ1) is 13.8. The SMILES string of the molecule is Fc1ccc([C@H]2CC(c3ccc4ccccc4c3)=NN2c2ccccc2)cc1. The molecule has 1 atom stereocenters. The van der Waals surface area contributed by atoms with Gasteiger partial charge in [0.2, 0.25) is 0 Å². The summed E-state index contributed by atoms with van der Waals surface area (Å²) in [6.45, 7) is 0. The minimum absolute atomic E-state index is 0.0458. The molecule has 0 aliphatic carbocycles. The molecule has 0 aromatic heterocycles. The maximum absolute atomic E-state index is 13.4. The summed E-state index contributed by atoms with van der Waals surface area (Å²) < 4.78 is 13.4. The number of fused-ring (bicyclic) bond motifs is 1. The van der Waals surface area contributed by atoms with E-state index in [4.69, 9.17) is 5.10 Å². The second-order valence-corrected chi connectivity index (χ2v) is 7.06. The molecule has 0 fully saturated rings. The van der Waals surface area contributed by atoms with E-state index in [2.05, 4.69) is 59.6 Å². The highest BCUT2D eigenvalue weighted by molar-refractivity contribution is 6.05. The molecule has 0 unspecified atom stereocenters. The number of hydrogen-bond donors (Lipinski definition) is 0. The molecule has 4 aromatic carbocycles. The Kier molecular flexibility index (Phi) is 4.13. The number of rotatable bonds is 3. The van der Waals surface area contributed by atoms with Crippen molar-refractivity contribution in [3.05, 3.63) is 114 Å². The van der Waals surface area contributed by atoms with Gasteiger partial charge in [0.05, 0.1) is 17.4 Å². The number of para-hydroxylation sites is 1. The zero-order valence-electron chi connectivity index (χ0n) is 15.3. The van der Waals surface area contributed by atoms with Crippen molar-refractivity contribution in [3.8, 4) is 0 Å². The Labute approximate surface area is 163 Å². The summed E-state index contributed by atoms with van der Waals surface area (Å²) in [6, 6.07) is 31.8. The first kappa shape index (κ1) is 16.7. The van der Waals surface area contributed by atoms with Gasteiger partial charge >= 0.3 is 0 Å². The van der Waals surface area contributed by atoms with Crippen molar-refractivity contribution in [2.75, 3.05) is 5.01 Å². The third-order valence-corrected chi connectivity index (χ3v) is 5.27. The molecule has 1 aliphatic rings. The molecule has 28 heavy (non-hydrogen) atoms. The quantitative estimate of drug-likeness (QED) is 0.413. The molecule has 1 heterocycles. The van der Waals surface area contributed by atoms with Crippen molar-refractivity contribution in [1.82, 2.24) is 0 Å². The van der Waals surface area contributed by atoms with Crippen molar-refractivity contribution in [3.63, 3.8) is 0 Å². The zero-order chi connectivity index (χ0) is 18.9. The first-order valence-electron chi connectivity index (χ1n) is 9.44. The number of nitrogens with zero attached hydrogens (tertiary/aromatic N) is 2. The molecule has 0 amide bonds. The number of anilines is 1. The third-order valence-electron chi connectivity index (χ3n) is 5.27. The van der Waals surface area contributed by atoms with E-state index in [1.807, 2.05) is 30.3 Å². The van der Waals surface area contributed by atoms with E-state index in [1.165, 1.54) is 22.9 Å². The topological polar surface area (TPSA) is 15.6 Å². The zero-order valence-corrected chi connectivity index (χ0v) is 15.3. The molecular formula is C25H19FN2. The summed E-state index contributed by atoms with van der Waals surface area (Å²) >= 11 is 0. The number of hydrogen-bond acceptors (Lipinski definition) is 2. The predicted octanol–water partition coefficient (Wildman–Crippen LogP) is 6.33. The van der Waals surface area contributed by atoms with Crippen LogP contribution in [0.2, 0.25) is 0 Å². The molecular weight excluding hydrogens is 347 g/mol. The van der Waals surface area contributed by atoms with E-state index in [9.17, 15) is 4.39 Å². The number of halogens is 1. The van der Waals surface area contributed by atoms with Gasteiger partial charge in [-0.1, -0.05) is 66.7 Å². The largest absolute Gasteiger partial charge is 0.257 e. The Morgan fingerprint density at radius 1 is 0.750 bits per heavy atom. The van der Waals surface area contributed by atoms with Gasteiger partial charge in [-0.25, -0.2) is 4.39 Å². The normalized spacial score (nSPS) is 16.4. The number of hydrazone groups is 1. The first-order valence-corrected chi connectivity index (χ1v) is 9.44. The summed E-state index contributed by atoms with van der Waals surface area (Å²) in [5.41, 5.74) is 4.27. The average Bonchev–Trinajstić information content (AvgIpc) is 3.20. The molecule has 0 radical (unpaired) electrons. The molecule has 2 nitrogen and oxygen atoms in total. The summed E-state index contributed by atoms with van der Waals surface area (Å²) in [5.74, 6) is -0.219. The molecule has 136 valence electrons. The van der Waals surface area contributed by atoms with Gasteiger partial charge in [-0.15, -0.1) is 0 Å². The fourth-order valence-corrected chi connectivity index (χ4v) is 3.82. The van der Waals surface area contributed by atoms with Crippen LogP contribution in [0.1, 0.15) is 23.6 Å². The average molecular weight is 366 g/mol. The van der Waals surface area contributed by atoms with Crippen LogP contribution in [0.4, 0.5) is 10.1 Å². The van der Waals surface area contributed by atoms with Crippen LogP contribution in [0.5, 0.6) is 0 Å². The summed E-state index contributed by atoms with van der Waals surface area (Å²) in [7, 11) is 0. The second-order valence-electron chi connectivity index (χ2n) is 7.06. The van der Waals surface area contributed by atoms with Crippen molar-refractivity contribution >= 4 is 22.2 Å². The van der Waals surface area contributed by atoms with Gasteiger partial charge < -0.3 is 0 Å². The lowest BCUT2D eigenvalue weighted by molar-refractivity contribution is 0.624. The maximum Gasteiger partial charge on any atom is 0.123 e. The van der Waals surface area contributed by atoms with Crippen LogP contribution in [-0.2, 0) is 0 Å². The molecule has 3 heteroatoms. The van der Waals surface area contributed by atoms with Crippen LogP contribution in [-0.4, -0.2) is 5.71 Å². The molecule has 0 saturated heterocycles. The van der Waals surface area contributed by atoms with Crippen LogP contribution in [0.3, 0.4) is 0 Å². The van der Waals surface area contributed by atoms with Gasteiger partial charge in [-0.3, -0.25) is 5.01 Å². The monoisotopic (exact) mass is 366 g/mol. The predicted molar refractivity (Wildman–Crippen MR) is 113 cm³/mol. The maximum atomic E-state index is 13.4. The van der Waals surface area contributed by atoms with Gasteiger partial charge in [-0.2, -0.15) is 5.10 Å². The summed E-state index contributed by atoms with van der Waals surface area (Å²) in [6.07, 6.45) is 0.777. The Hall–Kier alpha value is -3.46. The van der Waals surface area contributed by atoms with Gasteiger partial charge in [0.25, 0.3) is 0 Å². The Bertz CT molecular complexity index is 1150. The minimum Gasteiger partial charge on any atom is -0.257 e. The lowest BCUT2D eigenvalue weighted by Gasteiger charge is -2.23. The van der Waals surface area contributed by atoms with E-state index in [0.717, 1.165) is 28.9 Å². The van der Waals surface area contributed by atoms with E-state index < -0.39 is 0 Å². The fourth-order valence-electron chi connectivity index (χ4n) is 3.82. The van der Waals surface area contributed by atoms with E-state index >= 15 is 0 Å². The highest BCUT2D eigenvalue weighted by Crippen LogP contribution is 2.37. The Balaban J connectivity index is 1.57. The standard InChI is InChI=1S/C25H19FN2/c26-22-14-12-19(13-15-22)25-17-24(27-28(25)23-8-2-1-3-9-23)21-11-10-18-6-4-5-7-20(18)16-21/h1-16,25H,17H2/t25-/m1/s1. The van der Waals surface area contributed by atoms with Crippen molar-refractivity contribution in [1.29, 1.82) is 0 Å². The molecule has 0 saturated carbocycles. The third kappa shape index (κ3) is 3.05. The van der Waals surface area contributed by atoms with Crippen LogP contribution in [0.25, 0.3) is 10.8 Å². The highest BCUT2D eigenvalue weighted by Gasteiger charge is 2.29. The fraction of sp³-hybridized carbons (Fsp3) is 0.0800. The smallest absolute Gasteiger partial charge is 0.123 e. The van der Waals surface area contributed by atoms with Crippen LogP contribution >= 0.6 is 0 Å². The molecule has 0 N–H and O–H groups in total. The van der Waals surface area contributed by atoms with Crippen LogP contribution in [0, 0.1) is 5.82 Å². The molecule has 4 aromatic rings. The van der Waals surface area contributed by atoms with Gasteiger partial charge in [0.1, 0.15) is 5.82 Å². The lowest BCUT2D eigenvalue weighted by atomic mass is 9.97. The van der Waals surface area contributed by atoms with Crippen LogP contribution in [0.15, 0.2) is 102 Å². The van der Waals surface area contributed by atoms with Crippen molar-refractivity contribution < 1.29 is 4.39 Å². The molecule has 0 spiro atoms. The molecule has 5 rings (SSSR count). The Morgan fingerprint density at radius 2 is 1.46 bits per heavy atom. The molecule has 1 aliphatic heterocycles. The lowest BCUT2D eigenvalue weighted by Crippen LogP contribution is -2.18. The van der Waals surface area contributed by atoms with E-state index in [0.29, 0.717) is 0 Å². The molecule has 0 bridgehead atoms. The van der Waals surface area contributed by atoms with E-state index in [1.54, 1.807) is 0 Å². The number of benzene rings is 4.